The highest BCUT2D eigenvalue weighted by molar-refractivity contribution is 6.33. The Kier molecular flexibility index (Phi) is 4.36. The number of amides is 1. The van der Waals surface area contributed by atoms with Gasteiger partial charge in [0.2, 0.25) is 5.88 Å². The van der Waals surface area contributed by atoms with Gasteiger partial charge in [0, 0.05) is 5.39 Å². The molecule has 24 heavy (non-hydrogen) atoms. The quantitative estimate of drug-likeness (QED) is 0.610. The molecular weight excluding hydrogens is 326 g/mol. The third kappa shape index (κ3) is 3.03. The van der Waals surface area contributed by atoms with Crippen LogP contribution in [0.5, 0.6) is 5.88 Å². The van der Waals surface area contributed by atoms with Crippen molar-refractivity contribution in [3.05, 3.63) is 58.6 Å². The van der Waals surface area contributed by atoms with Crippen molar-refractivity contribution >= 4 is 34.1 Å². The average Bonchev–Trinajstić information content (AvgIpc) is 2.87. The lowest BCUT2D eigenvalue weighted by Crippen LogP contribution is -1.94. The third-order valence-corrected chi connectivity index (χ3v) is 4.12. The Morgan fingerprint density at radius 1 is 1.21 bits per heavy atom. The van der Waals surface area contributed by atoms with Crippen LogP contribution in [0.2, 0.25) is 5.02 Å². The predicted molar refractivity (Wildman–Crippen MR) is 94.4 cm³/mol. The molecule has 2 N–H and O–H groups in total. The van der Waals surface area contributed by atoms with E-state index in [0.29, 0.717) is 10.9 Å². The normalized spacial score (nSPS) is 11.7. The van der Waals surface area contributed by atoms with Crippen LogP contribution in [0.3, 0.4) is 0 Å². The summed E-state index contributed by atoms with van der Waals surface area (Å²) in [6, 6.07) is 12.4. The molecule has 0 saturated heterocycles. The molecule has 0 unspecified atom stereocenters. The van der Waals surface area contributed by atoms with E-state index in [2.05, 4.69) is 29.1 Å². The summed E-state index contributed by atoms with van der Waals surface area (Å²) in [7, 11) is 0. The summed E-state index contributed by atoms with van der Waals surface area (Å²) < 4.78 is 0. The van der Waals surface area contributed by atoms with E-state index in [1.165, 1.54) is 0 Å². The lowest BCUT2D eigenvalue weighted by atomic mass is 10.0. The Labute approximate surface area is 144 Å². The molecule has 2 aromatic carbocycles. The smallest absolute Gasteiger partial charge is 0.296 e. The van der Waals surface area contributed by atoms with Crippen LogP contribution in [0, 0.1) is 0 Å². The van der Waals surface area contributed by atoms with Crippen molar-refractivity contribution in [1.29, 1.82) is 0 Å². The van der Waals surface area contributed by atoms with Gasteiger partial charge in [-0.3, -0.25) is 4.79 Å². The lowest BCUT2D eigenvalue weighted by molar-refractivity contribution is 0.0995. The van der Waals surface area contributed by atoms with Gasteiger partial charge in [-0.25, -0.2) is 0 Å². The molecule has 6 heteroatoms. The van der Waals surface area contributed by atoms with E-state index in [0.717, 1.165) is 16.5 Å². The zero-order valence-corrected chi connectivity index (χ0v) is 14.0. The van der Waals surface area contributed by atoms with Gasteiger partial charge in [-0.15, -0.1) is 10.2 Å². The van der Waals surface area contributed by atoms with Crippen LogP contribution >= 0.6 is 11.6 Å². The van der Waals surface area contributed by atoms with Gasteiger partial charge >= 0.3 is 0 Å². The second-order valence-electron chi connectivity index (χ2n) is 5.77. The zero-order chi connectivity index (χ0) is 17.3. The number of halogens is 1. The van der Waals surface area contributed by atoms with Crippen molar-refractivity contribution in [2.75, 3.05) is 0 Å². The summed E-state index contributed by atoms with van der Waals surface area (Å²) in [4.78, 5) is 15.0. The molecule has 0 aliphatic heterocycles. The number of benzene rings is 2. The number of nitrogens with one attached hydrogen (secondary N) is 1. The molecule has 0 fully saturated rings. The Bertz CT molecular complexity index is 945. The minimum atomic E-state index is -0.561. The van der Waals surface area contributed by atoms with E-state index in [1.54, 1.807) is 24.3 Å². The Hall–Kier alpha value is -2.66. The molecule has 1 heterocycles. The molecule has 122 valence electrons. The van der Waals surface area contributed by atoms with Crippen LogP contribution in [0.1, 0.15) is 35.7 Å². The highest BCUT2D eigenvalue weighted by atomic mass is 35.5. The molecular formula is C18H16ClN3O2. The number of aromatic amines is 1. The van der Waals surface area contributed by atoms with Gasteiger partial charge < -0.3 is 10.1 Å². The van der Waals surface area contributed by atoms with Crippen LogP contribution in [0.4, 0.5) is 5.69 Å². The van der Waals surface area contributed by atoms with Crippen molar-refractivity contribution in [1.82, 2.24) is 4.98 Å². The second-order valence-corrected chi connectivity index (χ2v) is 6.17. The van der Waals surface area contributed by atoms with Crippen molar-refractivity contribution in [3.63, 3.8) is 0 Å². The number of rotatable bonds is 3. The Morgan fingerprint density at radius 3 is 2.67 bits per heavy atom. The van der Waals surface area contributed by atoms with E-state index in [9.17, 15) is 9.90 Å². The third-order valence-electron chi connectivity index (χ3n) is 3.79. The summed E-state index contributed by atoms with van der Waals surface area (Å²) in [6.07, 6.45) is 0. The van der Waals surface area contributed by atoms with Gasteiger partial charge in [0.1, 0.15) is 0 Å². The molecule has 3 aromatic rings. The number of azo groups is 1. The largest absolute Gasteiger partial charge is 0.493 e. The molecule has 0 atom stereocenters. The fourth-order valence-corrected chi connectivity index (χ4v) is 2.64. The minimum absolute atomic E-state index is 0.124. The van der Waals surface area contributed by atoms with Gasteiger partial charge in [0.15, 0.2) is 5.69 Å². The molecule has 0 saturated carbocycles. The molecule has 0 aliphatic carbocycles. The number of fused-ring (bicyclic) bond motifs is 1. The van der Waals surface area contributed by atoms with Gasteiger partial charge in [0.25, 0.3) is 5.91 Å². The highest BCUT2D eigenvalue weighted by Gasteiger charge is 2.14. The second kappa shape index (κ2) is 6.45. The molecule has 5 nitrogen and oxygen atoms in total. The zero-order valence-electron chi connectivity index (χ0n) is 13.2. The first-order chi connectivity index (χ1) is 11.5. The molecule has 3 rings (SSSR count). The molecule has 1 aromatic heterocycles. The number of hydrogen-bond acceptors (Lipinski definition) is 3. The van der Waals surface area contributed by atoms with Crippen molar-refractivity contribution in [2.45, 2.75) is 19.8 Å². The van der Waals surface area contributed by atoms with Crippen LogP contribution in [-0.4, -0.2) is 16.0 Å². The number of aromatic nitrogens is 1. The average molecular weight is 342 g/mol. The van der Waals surface area contributed by atoms with E-state index in [4.69, 9.17) is 11.6 Å². The first-order valence-corrected chi connectivity index (χ1v) is 7.90. The maximum absolute atomic E-state index is 12.1. The number of nitrogens with zero attached hydrogens (tertiary/aromatic N) is 2. The standard InChI is InChI=1S/C18H16ClN3O2/c1-10(2)11-7-8-15-13(9-11)16(18(24)20-15)21-22-17(23)12-5-3-4-6-14(12)19/h3-10,20,24H,1-2H3. The van der Waals surface area contributed by atoms with Gasteiger partial charge in [-0.2, -0.15) is 0 Å². The SMILES string of the molecule is CC(C)c1ccc2[nH]c(O)c(N=NC(=O)c3ccccc3Cl)c2c1. The fraction of sp³-hybridized carbons (Fsp3) is 0.167. The van der Waals surface area contributed by atoms with E-state index in [1.807, 2.05) is 18.2 Å². The van der Waals surface area contributed by atoms with Crippen LogP contribution in [-0.2, 0) is 0 Å². The van der Waals surface area contributed by atoms with Gasteiger partial charge in [0.05, 0.1) is 16.1 Å². The van der Waals surface area contributed by atoms with E-state index in [-0.39, 0.29) is 17.1 Å². The van der Waals surface area contributed by atoms with Crippen molar-refractivity contribution in [3.8, 4) is 5.88 Å². The first-order valence-electron chi connectivity index (χ1n) is 7.52. The minimum Gasteiger partial charge on any atom is -0.493 e. The summed E-state index contributed by atoms with van der Waals surface area (Å²) in [6.45, 7) is 4.16. The van der Waals surface area contributed by atoms with Crippen molar-refractivity contribution in [2.24, 2.45) is 10.2 Å². The van der Waals surface area contributed by atoms with E-state index < -0.39 is 5.91 Å². The number of carbonyl (C=O) groups excluding carboxylic acids is 1. The summed E-state index contributed by atoms with van der Waals surface area (Å²) in [5, 5.41) is 18.7. The fourth-order valence-electron chi connectivity index (χ4n) is 2.43. The van der Waals surface area contributed by atoms with Crippen molar-refractivity contribution < 1.29 is 9.90 Å². The number of hydrogen-bond donors (Lipinski definition) is 2. The van der Waals surface area contributed by atoms with Crippen LogP contribution in [0.15, 0.2) is 52.7 Å². The Balaban J connectivity index is 2.00. The molecule has 0 radical (unpaired) electrons. The summed E-state index contributed by atoms with van der Waals surface area (Å²) in [5.74, 6) is -0.350. The highest BCUT2D eigenvalue weighted by Crippen LogP contribution is 2.37. The lowest BCUT2D eigenvalue weighted by Gasteiger charge is -2.04. The van der Waals surface area contributed by atoms with Gasteiger partial charge in [-0.05, 0) is 35.7 Å². The predicted octanol–water partition coefficient (Wildman–Crippen LogP) is 5.57. The maximum Gasteiger partial charge on any atom is 0.296 e. The van der Waals surface area contributed by atoms with Crippen LogP contribution < -0.4 is 0 Å². The summed E-state index contributed by atoms with van der Waals surface area (Å²) >= 11 is 5.98. The summed E-state index contributed by atoms with van der Waals surface area (Å²) in [5.41, 5.74) is 2.35. The maximum atomic E-state index is 12.1. The molecule has 0 bridgehead atoms. The topological polar surface area (TPSA) is 77.8 Å². The molecule has 0 aliphatic rings. The number of aromatic hydroxyl groups is 1. The van der Waals surface area contributed by atoms with Gasteiger partial charge in [-0.1, -0.05) is 43.6 Å². The number of carbonyl (C=O) groups is 1. The Morgan fingerprint density at radius 2 is 1.96 bits per heavy atom. The van der Waals surface area contributed by atoms with E-state index >= 15 is 0 Å². The molecule has 1 amide bonds. The number of H-pyrrole nitrogens is 1. The molecule has 0 spiro atoms. The van der Waals surface area contributed by atoms with Crippen LogP contribution in [0.25, 0.3) is 10.9 Å². The first kappa shape index (κ1) is 16.2. The monoisotopic (exact) mass is 341 g/mol.